The Hall–Kier alpha value is -4.18. The van der Waals surface area contributed by atoms with Crippen molar-refractivity contribution in [1.29, 1.82) is 0 Å². The molecule has 3 aliphatic rings. The Balaban J connectivity index is 1.27. The maximum atomic E-state index is 13.8. The largest absolute Gasteiger partial charge is 0.494 e. The first-order valence-electron chi connectivity index (χ1n) is 16.0. The number of nitrogens with zero attached hydrogens (tertiary/aromatic N) is 4. The number of fused-ring (bicyclic) bond motifs is 4. The van der Waals surface area contributed by atoms with Crippen LogP contribution in [0.5, 0.6) is 5.75 Å². The van der Waals surface area contributed by atoms with Crippen LogP contribution in [0.15, 0.2) is 60.7 Å². The van der Waals surface area contributed by atoms with Gasteiger partial charge in [-0.05, 0) is 72.9 Å². The minimum absolute atomic E-state index is 0.00825. The number of carbonyl (C=O) groups is 1. The highest BCUT2D eigenvalue weighted by Gasteiger charge is 2.47. The molecule has 4 N–H and O–H groups in total. The van der Waals surface area contributed by atoms with Gasteiger partial charge in [0.2, 0.25) is 0 Å². The Morgan fingerprint density at radius 2 is 1.89 bits per heavy atom. The second-order valence-electron chi connectivity index (χ2n) is 13.1. The second kappa shape index (κ2) is 10.7. The highest BCUT2D eigenvalue weighted by molar-refractivity contribution is 6.01. The number of hydrogen-bond acceptors (Lipinski definition) is 6. The number of aliphatic hydroxyl groups excluding tert-OH is 2. The zero-order chi connectivity index (χ0) is 31.0. The first-order valence-corrected chi connectivity index (χ1v) is 16.0. The normalized spacial score (nSPS) is 21.7. The van der Waals surface area contributed by atoms with Gasteiger partial charge in [-0.15, -0.1) is 0 Å². The number of rotatable bonds is 8. The number of benzene rings is 3. The molecule has 8 rings (SSSR count). The van der Waals surface area contributed by atoms with Gasteiger partial charge in [-0.25, -0.2) is 4.98 Å². The van der Waals surface area contributed by atoms with E-state index in [-0.39, 0.29) is 24.6 Å². The number of aromatic nitrogens is 3. The van der Waals surface area contributed by atoms with Gasteiger partial charge in [0.05, 0.1) is 30.4 Å². The standard InChI is InChI=1S/C36H39N5O4/c1-39-34-27(14-25(16-31(34)45-2)36(44)41-18-24-11-12-28(41)32(24)37)38-35(39)29-15-23-7-4-8-26(33(23)40(29)17-20-9-10-20)21-5-3-6-22(13-21)30(43)19-42/h3-8,13-16,20,24,28,30,32,42-43H,9-12,17-19,37H2,1-2H3/t24-,28-,30?,32-/m1/s1. The third-order valence-electron chi connectivity index (χ3n) is 10.4. The summed E-state index contributed by atoms with van der Waals surface area (Å²) in [5, 5.41) is 21.0. The molecule has 9 heteroatoms. The highest BCUT2D eigenvalue weighted by Crippen LogP contribution is 2.42. The number of amides is 1. The van der Waals surface area contributed by atoms with Crippen molar-refractivity contribution in [2.45, 2.75) is 50.4 Å². The molecule has 3 heterocycles. The summed E-state index contributed by atoms with van der Waals surface area (Å²) < 4.78 is 10.3. The van der Waals surface area contributed by atoms with Crippen molar-refractivity contribution in [3.8, 4) is 28.4 Å². The molecule has 4 atom stereocenters. The van der Waals surface area contributed by atoms with Gasteiger partial charge in [-0.1, -0.05) is 36.4 Å². The molecule has 1 unspecified atom stereocenters. The van der Waals surface area contributed by atoms with Gasteiger partial charge in [-0.2, -0.15) is 0 Å². The number of likely N-dealkylation sites (tertiary alicyclic amines) is 1. The topological polar surface area (TPSA) is 119 Å². The number of carbonyl (C=O) groups excluding carboxylic acids is 1. The van der Waals surface area contributed by atoms with Crippen LogP contribution in [0.1, 0.15) is 47.7 Å². The van der Waals surface area contributed by atoms with Crippen LogP contribution in [0.3, 0.4) is 0 Å². The summed E-state index contributed by atoms with van der Waals surface area (Å²) >= 11 is 0. The Morgan fingerprint density at radius 1 is 1.07 bits per heavy atom. The summed E-state index contributed by atoms with van der Waals surface area (Å²) in [6.45, 7) is 1.26. The molecule has 0 radical (unpaired) electrons. The molecule has 9 nitrogen and oxygen atoms in total. The molecular formula is C36H39N5O4. The number of aliphatic hydroxyl groups is 2. The van der Waals surface area contributed by atoms with Gasteiger partial charge < -0.3 is 34.7 Å². The molecule has 0 spiro atoms. The first-order chi connectivity index (χ1) is 21.9. The van der Waals surface area contributed by atoms with E-state index in [1.54, 1.807) is 7.11 Å². The Labute approximate surface area is 261 Å². The maximum Gasteiger partial charge on any atom is 0.254 e. The zero-order valence-corrected chi connectivity index (χ0v) is 25.7. The van der Waals surface area contributed by atoms with E-state index in [2.05, 4.69) is 33.4 Å². The lowest BCUT2D eigenvalue weighted by molar-refractivity contribution is 0.0700. The molecule has 1 saturated heterocycles. The molecule has 1 aliphatic heterocycles. The summed E-state index contributed by atoms with van der Waals surface area (Å²) in [5.74, 6) is 2.40. The van der Waals surface area contributed by atoms with Crippen LogP contribution in [0.2, 0.25) is 0 Å². The lowest BCUT2D eigenvalue weighted by Crippen LogP contribution is -2.41. The molecule has 2 aromatic heterocycles. The number of methoxy groups -OCH3 is 1. The van der Waals surface area contributed by atoms with E-state index in [4.69, 9.17) is 15.5 Å². The van der Waals surface area contributed by atoms with Gasteiger partial charge in [0.15, 0.2) is 5.82 Å². The van der Waals surface area contributed by atoms with Crippen LogP contribution in [0.25, 0.3) is 44.6 Å². The molecule has 2 saturated carbocycles. The van der Waals surface area contributed by atoms with E-state index >= 15 is 0 Å². The van der Waals surface area contributed by atoms with Gasteiger partial charge in [0.25, 0.3) is 5.91 Å². The number of hydrogen-bond donors (Lipinski definition) is 3. The van der Waals surface area contributed by atoms with Gasteiger partial charge >= 0.3 is 0 Å². The van der Waals surface area contributed by atoms with Gasteiger partial charge in [-0.3, -0.25) is 4.79 Å². The minimum atomic E-state index is -0.929. The van der Waals surface area contributed by atoms with Crippen molar-refractivity contribution in [1.82, 2.24) is 19.0 Å². The molecule has 232 valence electrons. The molecular weight excluding hydrogens is 566 g/mol. The number of nitrogens with two attached hydrogens (primary N) is 1. The van der Waals surface area contributed by atoms with E-state index < -0.39 is 6.10 Å². The fourth-order valence-corrected chi connectivity index (χ4v) is 7.78. The molecule has 1 amide bonds. The van der Waals surface area contributed by atoms with Crippen LogP contribution in [-0.2, 0) is 13.6 Å². The van der Waals surface area contributed by atoms with E-state index in [1.165, 1.54) is 12.8 Å². The van der Waals surface area contributed by atoms with E-state index in [9.17, 15) is 15.0 Å². The van der Waals surface area contributed by atoms with Crippen LogP contribution in [0.4, 0.5) is 0 Å². The summed E-state index contributed by atoms with van der Waals surface area (Å²) in [5.41, 5.74) is 13.4. The average molecular weight is 606 g/mol. The number of aryl methyl sites for hydroxylation is 1. The van der Waals surface area contributed by atoms with Crippen molar-refractivity contribution in [3.63, 3.8) is 0 Å². The summed E-state index contributed by atoms with van der Waals surface area (Å²) in [4.78, 5) is 20.9. The number of imidazole rings is 1. The van der Waals surface area contributed by atoms with Crippen LogP contribution < -0.4 is 10.5 Å². The average Bonchev–Trinajstić information content (AvgIpc) is 3.45. The van der Waals surface area contributed by atoms with Crippen molar-refractivity contribution in [2.75, 3.05) is 20.3 Å². The second-order valence-corrected chi connectivity index (χ2v) is 13.1. The zero-order valence-electron chi connectivity index (χ0n) is 25.7. The Kier molecular flexibility index (Phi) is 6.74. The number of para-hydroxylation sites is 1. The summed E-state index contributed by atoms with van der Waals surface area (Å²) in [6.07, 6.45) is 3.52. The van der Waals surface area contributed by atoms with Crippen molar-refractivity contribution in [2.24, 2.45) is 24.6 Å². The van der Waals surface area contributed by atoms with Crippen molar-refractivity contribution in [3.05, 3.63) is 71.8 Å². The van der Waals surface area contributed by atoms with E-state index in [0.717, 1.165) is 64.0 Å². The summed E-state index contributed by atoms with van der Waals surface area (Å²) in [7, 11) is 3.65. The molecule has 5 aromatic rings. The summed E-state index contributed by atoms with van der Waals surface area (Å²) in [6, 6.07) is 20.2. The first kappa shape index (κ1) is 28.3. The van der Waals surface area contributed by atoms with Crippen LogP contribution >= 0.6 is 0 Å². The molecule has 3 aromatic carbocycles. The monoisotopic (exact) mass is 605 g/mol. The van der Waals surface area contributed by atoms with Crippen LogP contribution in [-0.4, -0.2) is 67.5 Å². The van der Waals surface area contributed by atoms with Crippen LogP contribution in [0, 0.1) is 11.8 Å². The van der Waals surface area contributed by atoms with Gasteiger partial charge in [0.1, 0.15) is 17.4 Å². The predicted molar refractivity (Wildman–Crippen MR) is 174 cm³/mol. The Bertz CT molecular complexity index is 1960. The predicted octanol–water partition coefficient (Wildman–Crippen LogP) is 4.87. The molecule has 3 fully saturated rings. The number of ether oxygens (including phenoxy) is 1. The lowest BCUT2D eigenvalue weighted by Gasteiger charge is -2.27. The van der Waals surface area contributed by atoms with Crippen molar-refractivity contribution >= 4 is 27.8 Å². The minimum Gasteiger partial charge on any atom is -0.494 e. The quantitative estimate of drug-likeness (QED) is 0.232. The third kappa shape index (κ3) is 4.56. The lowest BCUT2D eigenvalue weighted by atomic mass is 9.99. The third-order valence-corrected chi connectivity index (χ3v) is 10.4. The molecule has 2 bridgehead atoms. The van der Waals surface area contributed by atoms with E-state index in [0.29, 0.717) is 35.3 Å². The fourth-order valence-electron chi connectivity index (χ4n) is 7.78. The van der Waals surface area contributed by atoms with E-state index in [1.807, 2.05) is 48.3 Å². The smallest absolute Gasteiger partial charge is 0.254 e. The van der Waals surface area contributed by atoms with Crippen molar-refractivity contribution < 1.29 is 19.7 Å². The fraction of sp³-hybridized carbons (Fsp3) is 0.389. The molecule has 45 heavy (non-hydrogen) atoms. The Morgan fingerprint density at radius 3 is 2.60 bits per heavy atom. The number of piperidine rings is 1. The molecule has 2 aliphatic carbocycles. The highest BCUT2D eigenvalue weighted by atomic mass is 16.5. The SMILES string of the molecule is COc1cc(C(=O)N2C[C@H]3CC[C@@H]2[C@@H]3N)cc2nc(-c3cc4cccc(-c5cccc(C(O)CO)c5)c4n3CC3CC3)n(C)c12. The maximum absolute atomic E-state index is 13.8. The van der Waals surface area contributed by atoms with Gasteiger partial charge in [0, 0.05) is 48.7 Å².